The minimum absolute atomic E-state index is 0.0713. The lowest BCUT2D eigenvalue weighted by Crippen LogP contribution is -2.33. The van der Waals surface area contributed by atoms with Crippen LogP contribution in [0, 0.1) is 0 Å². The third kappa shape index (κ3) is 3.22. The van der Waals surface area contributed by atoms with E-state index in [0.717, 1.165) is 12.0 Å². The van der Waals surface area contributed by atoms with Crippen molar-refractivity contribution in [2.45, 2.75) is 43.1 Å². The molecule has 2 aromatic carbocycles. The van der Waals surface area contributed by atoms with Crippen LogP contribution in [0.1, 0.15) is 64.9 Å². The van der Waals surface area contributed by atoms with Gasteiger partial charge in [0.2, 0.25) is 0 Å². The number of hydrogen-bond donors (Lipinski definition) is 1. The average Bonchev–Trinajstić information content (AvgIpc) is 3.31. The maximum atomic E-state index is 12.9. The Hall–Kier alpha value is -2.21. The molecular formula is C25H23ClN2O2S. The number of benzene rings is 2. The topological polar surface area (TPSA) is 53.4 Å². The van der Waals surface area contributed by atoms with E-state index in [1.165, 1.54) is 46.4 Å². The summed E-state index contributed by atoms with van der Waals surface area (Å²) in [7, 11) is 0. The van der Waals surface area contributed by atoms with Gasteiger partial charge >= 0.3 is 0 Å². The van der Waals surface area contributed by atoms with Crippen LogP contribution in [0.5, 0.6) is 0 Å². The van der Waals surface area contributed by atoms with Crippen molar-refractivity contribution < 1.29 is 9.90 Å². The molecule has 2 atom stereocenters. The van der Waals surface area contributed by atoms with Crippen LogP contribution in [-0.2, 0) is 5.41 Å². The van der Waals surface area contributed by atoms with Gasteiger partial charge in [-0.2, -0.15) is 0 Å². The van der Waals surface area contributed by atoms with Crippen LogP contribution >= 0.6 is 22.9 Å². The van der Waals surface area contributed by atoms with Gasteiger partial charge < -0.3 is 10.0 Å². The highest BCUT2D eigenvalue weighted by Gasteiger charge is 2.49. The Morgan fingerprint density at radius 3 is 2.81 bits per heavy atom. The van der Waals surface area contributed by atoms with Gasteiger partial charge in [0.05, 0.1) is 6.10 Å². The second-order valence-corrected chi connectivity index (χ2v) is 10.6. The Balaban J connectivity index is 1.32. The summed E-state index contributed by atoms with van der Waals surface area (Å²) in [5.41, 5.74) is 6.33. The summed E-state index contributed by atoms with van der Waals surface area (Å²) < 4.78 is 0.387. The molecule has 0 radical (unpaired) electrons. The monoisotopic (exact) mass is 450 g/mol. The van der Waals surface area contributed by atoms with Gasteiger partial charge in [-0.1, -0.05) is 48.0 Å². The van der Waals surface area contributed by atoms with Crippen LogP contribution in [0.2, 0.25) is 4.47 Å². The molecule has 1 spiro atoms. The standard InChI is InChI=1S/C25H23ClN2O2S/c26-24-27-21(13-31-24)23(30)28-10-9-25(14-28)12-22(29)19-11-16(7-8-20(19)25)18-4-2-1-3-17(18)15-5-6-15/h1-4,7-8,11,13,15,22,29H,5-6,9-10,12,14H2/t22-,25-/m1/s1. The van der Waals surface area contributed by atoms with Crippen LogP contribution < -0.4 is 0 Å². The van der Waals surface area contributed by atoms with E-state index < -0.39 is 6.10 Å². The number of carbonyl (C=O) groups excluding carboxylic acids is 1. The highest BCUT2D eigenvalue weighted by molar-refractivity contribution is 7.14. The van der Waals surface area contributed by atoms with Gasteiger partial charge in [0, 0.05) is 23.9 Å². The molecule has 0 bridgehead atoms. The molecule has 1 saturated carbocycles. The molecule has 1 aromatic heterocycles. The zero-order chi connectivity index (χ0) is 21.2. The number of likely N-dealkylation sites (tertiary alicyclic amines) is 1. The Labute approximate surface area is 190 Å². The number of thiazole rings is 1. The van der Waals surface area contributed by atoms with E-state index in [4.69, 9.17) is 11.6 Å². The lowest BCUT2D eigenvalue weighted by molar-refractivity contribution is 0.0771. The third-order valence-corrected chi connectivity index (χ3v) is 8.17. The summed E-state index contributed by atoms with van der Waals surface area (Å²) in [6, 6.07) is 15.2. The van der Waals surface area contributed by atoms with E-state index in [1.807, 2.05) is 4.90 Å². The molecule has 6 heteroatoms. The number of fused-ring (bicyclic) bond motifs is 2. The van der Waals surface area contributed by atoms with Gasteiger partial charge in [-0.15, -0.1) is 11.3 Å². The minimum atomic E-state index is -0.494. The maximum absolute atomic E-state index is 12.9. The summed E-state index contributed by atoms with van der Waals surface area (Å²) in [6.45, 7) is 1.29. The van der Waals surface area contributed by atoms with Gasteiger partial charge in [-0.05, 0) is 65.5 Å². The van der Waals surface area contributed by atoms with Crippen molar-refractivity contribution in [1.29, 1.82) is 0 Å². The number of carbonyl (C=O) groups is 1. The Kier molecular flexibility index (Phi) is 4.50. The van der Waals surface area contributed by atoms with E-state index in [2.05, 4.69) is 47.4 Å². The van der Waals surface area contributed by atoms with Crippen molar-refractivity contribution >= 4 is 28.8 Å². The van der Waals surface area contributed by atoms with Crippen molar-refractivity contribution in [3.05, 3.63) is 74.7 Å². The first kappa shape index (κ1) is 19.5. The normalized spacial score (nSPS) is 24.7. The van der Waals surface area contributed by atoms with Gasteiger partial charge in [0.25, 0.3) is 5.91 Å². The molecule has 1 N–H and O–H groups in total. The van der Waals surface area contributed by atoms with Gasteiger partial charge in [0.15, 0.2) is 4.47 Å². The van der Waals surface area contributed by atoms with E-state index in [-0.39, 0.29) is 11.3 Å². The molecule has 2 heterocycles. The van der Waals surface area contributed by atoms with E-state index >= 15 is 0 Å². The molecule has 1 aliphatic heterocycles. The molecule has 3 aromatic rings. The van der Waals surface area contributed by atoms with Crippen LogP contribution in [0.3, 0.4) is 0 Å². The predicted molar refractivity (Wildman–Crippen MR) is 123 cm³/mol. The van der Waals surface area contributed by atoms with Crippen LogP contribution in [0.15, 0.2) is 47.8 Å². The number of halogens is 1. The Morgan fingerprint density at radius 1 is 1.19 bits per heavy atom. The van der Waals surface area contributed by atoms with Gasteiger partial charge in [-0.3, -0.25) is 4.79 Å². The second kappa shape index (κ2) is 7.16. The summed E-state index contributed by atoms with van der Waals surface area (Å²) in [5, 5.41) is 12.7. The number of aliphatic hydroxyl groups excluding tert-OH is 1. The van der Waals surface area contributed by atoms with Crippen LogP contribution in [-0.4, -0.2) is 34.0 Å². The molecule has 1 saturated heterocycles. The fraction of sp³-hybridized carbons (Fsp3) is 0.360. The molecule has 3 aliphatic rings. The Morgan fingerprint density at radius 2 is 2.03 bits per heavy atom. The zero-order valence-electron chi connectivity index (χ0n) is 17.1. The zero-order valence-corrected chi connectivity index (χ0v) is 18.6. The summed E-state index contributed by atoms with van der Waals surface area (Å²) >= 11 is 7.20. The largest absolute Gasteiger partial charge is 0.388 e. The lowest BCUT2D eigenvalue weighted by atomic mass is 9.80. The highest BCUT2D eigenvalue weighted by Crippen LogP contribution is 2.52. The SMILES string of the molecule is O=C(c1csc(Cl)n1)N1CC[C@@]2(C[C@@H](O)c3cc(-c4ccccc4C4CC4)ccc32)C1. The van der Waals surface area contributed by atoms with Crippen molar-refractivity contribution in [3.8, 4) is 11.1 Å². The van der Waals surface area contributed by atoms with Crippen molar-refractivity contribution in [2.24, 2.45) is 0 Å². The molecule has 6 rings (SSSR count). The fourth-order valence-corrected chi connectivity index (χ4v) is 6.27. The van der Waals surface area contributed by atoms with Crippen molar-refractivity contribution in [1.82, 2.24) is 9.88 Å². The number of nitrogens with zero attached hydrogens (tertiary/aromatic N) is 2. The van der Waals surface area contributed by atoms with Crippen LogP contribution in [0.25, 0.3) is 11.1 Å². The highest BCUT2D eigenvalue weighted by atomic mass is 35.5. The first-order valence-electron chi connectivity index (χ1n) is 10.9. The molecule has 31 heavy (non-hydrogen) atoms. The molecule has 1 amide bonds. The summed E-state index contributed by atoms with van der Waals surface area (Å²) in [4.78, 5) is 18.9. The minimum Gasteiger partial charge on any atom is -0.388 e. The number of rotatable bonds is 3. The lowest BCUT2D eigenvalue weighted by Gasteiger charge is -2.25. The Bertz CT molecular complexity index is 1190. The molecule has 2 fully saturated rings. The van der Waals surface area contributed by atoms with Gasteiger partial charge in [0.1, 0.15) is 5.69 Å². The first-order chi connectivity index (χ1) is 15.0. The quantitative estimate of drug-likeness (QED) is 0.568. The van der Waals surface area contributed by atoms with Gasteiger partial charge in [-0.25, -0.2) is 4.98 Å². The summed E-state index contributed by atoms with van der Waals surface area (Å²) in [5.74, 6) is 0.604. The number of hydrogen-bond acceptors (Lipinski definition) is 4. The molecule has 4 nitrogen and oxygen atoms in total. The smallest absolute Gasteiger partial charge is 0.273 e. The van der Waals surface area contributed by atoms with Crippen molar-refractivity contribution in [2.75, 3.05) is 13.1 Å². The molecular weight excluding hydrogens is 428 g/mol. The van der Waals surface area contributed by atoms with E-state index in [1.54, 1.807) is 5.38 Å². The molecule has 2 aliphatic carbocycles. The number of amides is 1. The fourth-order valence-electron chi connectivity index (χ4n) is 5.53. The van der Waals surface area contributed by atoms with Crippen LogP contribution in [0.4, 0.5) is 0 Å². The number of aliphatic hydroxyl groups is 1. The maximum Gasteiger partial charge on any atom is 0.273 e. The first-order valence-corrected chi connectivity index (χ1v) is 12.1. The second-order valence-electron chi connectivity index (χ2n) is 9.13. The average molecular weight is 451 g/mol. The molecule has 158 valence electrons. The number of aromatic nitrogens is 1. The van der Waals surface area contributed by atoms with E-state index in [9.17, 15) is 9.90 Å². The third-order valence-electron chi connectivity index (χ3n) is 7.19. The summed E-state index contributed by atoms with van der Waals surface area (Å²) in [6.07, 6.45) is 3.56. The predicted octanol–water partition coefficient (Wildman–Crippen LogP) is 5.56. The van der Waals surface area contributed by atoms with E-state index in [0.29, 0.717) is 35.6 Å². The van der Waals surface area contributed by atoms with Crippen molar-refractivity contribution in [3.63, 3.8) is 0 Å². The molecule has 0 unspecified atom stereocenters.